The molecule has 0 rings (SSSR count). The van der Waals surface area contributed by atoms with Crippen LogP contribution in [0, 0.1) is 45.6 Å². The number of urea groups is 2. The third-order valence-corrected chi connectivity index (χ3v) is 1.42. The Morgan fingerprint density at radius 2 is 1.56 bits per heavy atom. The zero-order valence-electron chi connectivity index (χ0n) is 9.85. The number of hydrogen-bond donors (Lipinski definition) is 4. The van der Waals surface area contributed by atoms with Crippen LogP contribution in [-0.2, 0) is 0 Å². The number of rotatable bonds is 5. The second-order valence-corrected chi connectivity index (χ2v) is 2.57. The van der Waals surface area contributed by atoms with Crippen LogP contribution in [0.1, 0.15) is 13.3 Å². The molecule has 0 spiro atoms. The van der Waals surface area contributed by atoms with E-state index in [1.165, 1.54) is 0 Å². The Labute approximate surface area is 121 Å². The van der Waals surface area contributed by atoms with Crippen LogP contribution in [0.15, 0.2) is 0 Å². The van der Waals surface area contributed by atoms with Crippen LogP contribution >= 0.6 is 0 Å². The normalized spacial score (nSPS) is 7.88. The third-order valence-electron chi connectivity index (χ3n) is 1.42. The maximum Gasteiger partial charge on any atom is 2.00 e. The fourth-order valence-electron chi connectivity index (χ4n) is 0.778. The van der Waals surface area contributed by atoms with Gasteiger partial charge in [-0.25, -0.2) is 4.79 Å². The molecule has 4 N–H and O–H groups in total. The Kier molecular flexibility index (Phi) is 19.1. The van der Waals surface area contributed by atoms with Crippen LogP contribution < -0.4 is 21.3 Å². The summed E-state index contributed by atoms with van der Waals surface area (Å²) in [5.41, 5.74) is 0. The molecule has 0 aliphatic rings. The van der Waals surface area contributed by atoms with Crippen LogP contribution in [0.4, 0.5) is 9.59 Å². The summed E-state index contributed by atoms with van der Waals surface area (Å²) in [6, 6.07) is -0.503. The summed E-state index contributed by atoms with van der Waals surface area (Å²) in [6.07, 6.45) is 0.685. The number of hydrogen-bond acceptors (Lipinski definition) is 2. The van der Waals surface area contributed by atoms with Crippen molar-refractivity contribution >= 4 is 12.1 Å². The zero-order chi connectivity index (χ0) is 10.8. The number of amides is 4. The molecule has 0 aliphatic heterocycles. The van der Waals surface area contributed by atoms with Crippen LogP contribution in [0.2, 0.25) is 0 Å². The molecular formula is C9H20N4O2U. The topological polar surface area (TPSA) is 82.3 Å². The van der Waals surface area contributed by atoms with Gasteiger partial charge in [-0.15, -0.1) is 0 Å². The molecule has 4 amide bonds. The van der Waals surface area contributed by atoms with Gasteiger partial charge in [0.25, 0.3) is 6.03 Å². The summed E-state index contributed by atoms with van der Waals surface area (Å²) in [4.78, 5) is 21.5. The van der Waals surface area contributed by atoms with Crippen LogP contribution in [0.5, 0.6) is 0 Å². The van der Waals surface area contributed by atoms with E-state index in [9.17, 15) is 9.59 Å². The maximum atomic E-state index is 10.9. The third kappa shape index (κ3) is 13.6. The molecule has 92 valence electrons. The van der Waals surface area contributed by atoms with Crippen LogP contribution in [-0.4, -0.2) is 31.7 Å². The average molecular weight is 454 g/mol. The predicted molar refractivity (Wildman–Crippen MR) is 60.0 cm³/mol. The van der Waals surface area contributed by atoms with E-state index in [-0.39, 0.29) is 50.6 Å². The minimum absolute atomic E-state index is 0. The van der Waals surface area contributed by atoms with E-state index in [1.54, 1.807) is 0 Å². The van der Waals surface area contributed by atoms with Gasteiger partial charge in [-0.05, 0) is 13.3 Å². The first-order chi connectivity index (χ1) is 6.70. The standard InChI is InChI=1S/C8H17N4O2.CH3.U/c1-3-10-8(14)12-6-4-5-11-7(13)9-2;;/h2-6H2,1H3,(H2,9,11,13)(H2,10,12,14);1H3;/q2*-1;+2. The Morgan fingerprint density at radius 1 is 1.06 bits per heavy atom. The van der Waals surface area contributed by atoms with E-state index in [1.807, 2.05) is 6.92 Å². The van der Waals surface area contributed by atoms with E-state index in [0.29, 0.717) is 26.1 Å². The van der Waals surface area contributed by atoms with Crippen molar-refractivity contribution in [3.8, 4) is 0 Å². The Bertz CT molecular complexity index is 190. The quantitative estimate of drug-likeness (QED) is 0.355. The van der Waals surface area contributed by atoms with E-state index in [2.05, 4.69) is 28.3 Å². The van der Waals surface area contributed by atoms with Crippen molar-refractivity contribution < 1.29 is 40.7 Å². The Morgan fingerprint density at radius 3 is 2.00 bits per heavy atom. The molecule has 0 saturated carbocycles. The van der Waals surface area contributed by atoms with Gasteiger partial charge in [0.2, 0.25) is 0 Å². The molecule has 0 fully saturated rings. The molecule has 0 saturated heterocycles. The van der Waals surface area contributed by atoms with Crippen LogP contribution in [0.3, 0.4) is 0 Å². The fourth-order valence-corrected chi connectivity index (χ4v) is 0.778. The summed E-state index contributed by atoms with van der Waals surface area (Å²) < 4.78 is 0. The largest absolute Gasteiger partial charge is 2.00 e. The van der Waals surface area contributed by atoms with E-state index >= 15 is 0 Å². The summed E-state index contributed by atoms with van der Waals surface area (Å²) in [6.45, 7) is 3.49. The first-order valence-electron chi connectivity index (χ1n) is 4.53. The van der Waals surface area contributed by atoms with Gasteiger partial charge in [0.05, 0.1) is 0 Å². The second kappa shape index (κ2) is 14.6. The number of carbonyl (C=O) groups excluding carboxylic acids is 2. The summed E-state index contributed by atoms with van der Waals surface area (Å²) >= 11 is 0. The molecule has 0 aromatic carbocycles. The minimum atomic E-state index is -0.317. The van der Waals surface area contributed by atoms with E-state index in [0.717, 1.165) is 0 Å². The fraction of sp³-hybridized carbons (Fsp3) is 0.556. The van der Waals surface area contributed by atoms with Crippen molar-refractivity contribution in [2.75, 3.05) is 19.6 Å². The maximum absolute atomic E-state index is 10.9. The van der Waals surface area contributed by atoms with E-state index in [4.69, 9.17) is 0 Å². The smallest absolute Gasteiger partial charge is 0.490 e. The Balaban J connectivity index is -0.000000845. The molecule has 0 aliphatic carbocycles. The summed E-state index contributed by atoms with van der Waals surface area (Å²) in [7, 11) is 3.20. The van der Waals surface area contributed by atoms with Crippen molar-refractivity contribution in [3.05, 3.63) is 14.5 Å². The average Bonchev–Trinajstić information content (AvgIpc) is 2.17. The van der Waals surface area contributed by atoms with Gasteiger partial charge >= 0.3 is 37.1 Å². The minimum Gasteiger partial charge on any atom is -0.490 e. The van der Waals surface area contributed by atoms with Gasteiger partial charge in [-0.1, -0.05) is 0 Å². The van der Waals surface area contributed by atoms with Gasteiger partial charge in [-0.2, -0.15) is 0 Å². The molecule has 6 nitrogen and oxygen atoms in total. The molecule has 0 bridgehead atoms. The molecule has 0 aromatic heterocycles. The molecule has 0 unspecified atom stereocenters. The van der Waals surface area contributed by atoms with Crippen molar-refractivity contribution in [1.82, 2.24) is 21.3 Å². The van der Waals surface area contributed by atoms with Crippen molar-refractivity contribution in [2.24, 2.45) is 0 Å². The molecule has 7 heteroatoms. The monoisotopic (exact) mass is 454 g/mol. The molecule has 0 aromatic rings. The zero-order valence-corrected chi connectivity index (χ0v) is 14.0. The predicted octanol–water partition coefficient (Wildman–Crippen LogP) is 0.237. The number of carbonyl (C=O) groups is 2. The molecule has 0 radical (unpaired) electrons. The molecular weight excluding hydrogens is 434 g/mol. The number of nitrogens with one attached hydrogen (secondary N) is 4. The van der Waals surface area contributed by atoms with Gasteiger partial charge in [0.15, 0.2) is 0 Å². The SMILES string of the molecule is [CH2-]NC(=O)NCCCNC(=O)NCC.[CH3-].[U+2]. The van der Waals surface area contributed by atoms with Crippen molar-refractivity contribution in [3.63, 3.8) is 0 Å². The van der Waals surface area contributed by atoms with Crippen molar-refractivity contribution in [1.29, 1.82) is 0 Å². The van der Waals surface area contributed by atoms with Gasteiger partial charge < -0.3 is 28.7 Å². The van der Waals surface area contributed by atoms with Gasteiger partial charge in [0.1, 0.15) is 0 Å². The Hall–Kier alpha value is -0.408. The summed E-state index contributed by atoms with van der Waals surface area (Å²) in [5.74, 6) is 0. The van der Waals surface area contributed by atoms with Crippen LogP contribution in [0.25, 0.3) is 0 Å². The van der Waals surface area contributed by atoms with Crippen molar-refractivity contribution in [2.45, 2.75) is 13.3 Å². The molecule has 0 atom stereocenters. The first-order valence-corrected chi connectivity index (χ1v) is 4.53. The molecule has 16 heavy (non-hydrogen) atoms. The van der Waals surface area contributed by atoms with Gasteiger partial charge in [0, 0.05) is 19.6 Å². The molecule has 0 heterocycles. The summed E-state index contributed by atoms with van der Waals surface area (Å²) in [5, 5.41) is 9.97. The van der Waals surface area contributed by atoms with E-state index < -0.39 is 0 Å². The second-order valence-electron chi connectivity index (χ2n) is 2.57. The van der Waals surface area contributed by atoms with Gasteiger partial charge in [-0.3, -0.25) is 11.8 Å². The first kappa shape index (κ1) is 20.9.